The number of amides is 1. The summed E-state index contributed by atoms with van der Waals surface area (Å²) in [7, 11) is 1.79. The topological polar surface area (TPSA) is 60.9 Å². The molecule has 102 valence electrons. The molecule has 0 spiro atoms. The van der Waals surface area contributed by atoms with E-state index in [1.165, 1.54) is 0 Å². The van der Waals surface area contributed by atoms with Gasteiger partial charge in [0.2, 0.25) is 5.91 Å². The number of carbonyl (C=O) groups is 2. The molecule has 0 radical (unpaired) electrons. The first-order chi connectivity index (χ1) is 8.99. The third-order valence-electron chi connectivity index (χ3n) is 3.44. The third kappa shape index (κ3) is 2.93. The minimum Gasteiger partial charge on any atom is -0.481 e. The molecule has 1 aromatic carbocycles. The van der Waals surface area contributed by atoms with E-state index >= 15 is 0 Å². The van der Waals surface area contributed by atoms with E-state index in [2.05, 4.69) is 0 Å². The number of nitrogens with zero attached hydrogens (tertiary/aromatic N) is 2. The molecule has 19 heavy (non-hydrogen) atoms. The van der Waals surface area contributed by atoms with Crippen LogP contribution in [0.4, 0.5) is 5.69 Å². The first-order valence-electron chi connectivity index (χ1n) is 6.29. The van der Waals surface area contributed by atoms with Gasteiger partial charge in [-0.2, -0.15) is 0 Å². The van der Waals surface area contributed by atoms with Crippen molar-refractivity contribution in [2.24, 2.45) is 0 Å². The van der Waals surface area contributed by atoms with Gasteiger partial charge in [0.1, 0.15) is 6.04 Å². The van der Waals surface area contributed by atoms with Crippen LogP contribution in [0.25, 0.3) is 0 Å². The fourth-order valence-corrected chi connectivity index (χ4v) is 2.35. The van der Waals surface area contributed by atoms with Crippen molar-refractivity contribution in [3.63, 3.8) is 0 Å². The fourth-order valence-electron chi connectivity index (χ4n) is 2.35. The van der Waals surface area contributed by atoms with Gasteiger partial charge >= 0.3 is 5.97 Å². The molecule has 1 heterocycles. The predicted octanol–water partition coefficient (Wildman–Crippen LogP) is 1.12. The van der Waals surface area contributed by atoms with E-state index in [1.54, 1.807) is 11.9 Å². The highest BCUT2D eigenvalue weighted by molar-refractivity contribution is 5.99. The van der Waals surface area contributed by atoms with E-state index in [0.717, 1.165) is 11.3 Å². The summed E-state index contributed by atoms with van der Waals surface area (Å²) < 4.78 is 0. The summed E-state index contributed by atoms with van der Waals surface area (Å²) in [6, 6.07) is 7.13. The van der Waals surface area contributed by atoms with Crippen molar-refractivity contribution in [3.05, 3.63) is 29.8 Å². The summed E-state index contributed by atoms with van der Waals surface area (Å²) >= 11 is 0. The second kappa shape index (κ2) is 5.40. The standard InChI is InChI=1S/C14H18N2O3/c1-10-4-3-5-11(8-10)16-7-6-15(2)12(14(16)19)9-13(17)18/h3-5,8,12H,6-7,9H2,1-2H3,(H,17,18). The van der Waals surface area contributed by atoms with Gasteiger partial charge in [-0.3, -0.25) is 14.5 Å². The molecular weight excluding hydrogens is 244 g/mol. The number of likely N-dealkylation sites (N-methyl/N-ethyl adjacent to an activating group) is 1. The molecule has 0 bridgehead atoms. The second-order valence-electron chi connectivity index (χ2n) is 4.92. The highest BCUT2D eigenvalue weighted by Crippen LogP contribution is 2.22. The molecule has 0 aromatic heterocycles. The van der Waals surface area contributed by atoms with Gasteiger partial charge in [-0.25, -0.2) is 0 Å². The van der Waals surface area contributed by atoms with Crippen molar-refractivity contribution in [2.45, 2.75) is 19.4 Å². The lowest BCUT2D eigenvalue weighted by molar-refractivity contribution is -0.141. The van der Waals surface area contributed by atoms with Crippen molar-refractivity contribution >= 4 is 17.6 Å². The lowest BCUT2D eigenvalue weighted by Gasteiger charge is -2.38. The summed E-state index contributed by atoms with van der Waals surface area (Å²) in [4.78, 5) is 26.8. The molecule has 1 amide bonds. The van der Waals surface area contributed by atoms with Crippen LogP contribution < -0.4 is 4.90 Å². The molecule has 1 atom stereocenters. The molecule has 0 saturated carbocycles. The van der Waals surface area contributed by atoms with Crippen LogP contribution >= 0.6 is 0 Å². The van der Waals surface area contributed by atoms with Crippen molar-refractivity contribution in [1.29, 1.82) is 0 Å². The van der Waals surface area contributed by atoms with Crippen LogP contribution in [0.3, 0.4) is 0 Å². The Balaban J connectivity index is 2.23. The van der Waals surface area contributed by atoms with E-state index < -0.39 is 12.0 Å². The van der Waals surface area contributed by atoms with Gasteiger partial charge in [-0.05, 0) is 31.7 Å². The van der Waals surface area contributed by atoms with Crippen LogP contribution in [0.15, 0.2) is 24.3 Å². The van der Waals surface area contributed by atoms with Gasteiger partial charge in [-0.15, -0.1) is 0 Å². The van der Waals surface area contributed by atoms with Crippen LogP contribution in [-0.2, 0) is 9.59 Å². The van der Waals surface area contributed by atoms with E-state index in [-0.39, 0.29) is 12.3 Å². The van der Waals surface area contributed by atoms with Crippen molar-refractivity contribution < 1.29 is 14.7 Å². The number of carboxylic acid groups (broad SMARTS) is 1. The highest BCUT2D eigenvalue weighted by atomic mass is 16.4. The number of anilines is 1. The summed E-state index contributed by atoms with van der Waals surface area (Å²) in [5.41, 5.74) is 1.92. The average Bonchev–Trinajstić information content (AvgIpc) is 2.34. The van der Waals surface area contributed by atoms with Gasteiger partial charge in [0, 0.05) is 18.8 Å². The summed E-state index contributed by atoms with van der Waals surface area (Å²) in [5, 5.41) is 8.90. The minimum atomic E-state index is -0.948. The Kier molecular flexibility index (Phi) is 3.85. The molecule has 1 aliphatic rings. The lowest BCUT2D eigenvalue weighted by Crippen LogP contribution is -2.56. The molecule has 0 aliphatic carbocycles. The maximum absolute atomic E-state index is 12.4. The molecule has 1 unspecified atom stereocenters. The first-order valence-corrected chi connectivity index (χ1v) is 6.29. The fraction of sp³-hybridized carbons (Fsp3) is 0.429. The molecule has 1 N–H and O–H groups in total. The molecule has 5 nitrogen and oxygen atoms in total. The molecule has 1 aromatic rings. The molecule has 1 aliphatic heterocycles. The minimum absolute atomic E-state index is 0.137. The maximum Gasteiger partial charge on any atom is 0.305 e. The summed E-state index contributed by atoms with van der Waals surface area (Å²) in [6.07, 6.45) is -0.155. The zero-order chi connectivity index (χ0) is 14.0. The molecule has 1 saturated heterocycles. The predicted molar refractivity (Wildman–Crippen MR) is 72.2 cm³/mol. The van der Waals surface area contributed by atoms with Crippen LogP contribution in [0.1, 0.15) is 12.0 Å². The van der Waals surface area contributed by atoms with Gasteiger partial charge in [0.25, 0.3) is 0 Å². The Morgan fingerprint density at radius 2 is 2.16 bits per heavy atom. The largest absolute Gasteiger partial charge is 0.481 e. The van der Waals surface area contributed by atoms with E-state index in [1.807, 2.05) is 36.1 Å². The van der Waals surface area contributed by atoms with Gasteiger partial charge in [-0.1, -0.05) is 12.1 Å². The van der Waals surface area contributed by atoms with Crippen LogP contribution in [0, 0.1) is 6.92 Å². The zero-order valence-electron chi connectivity index (χ0n) is 11.2. The number of carboxylic acids is 1. The quantitative estimate of drug-likeness (QED) is 0.886. The Hall–Kier alpha value is -1.88. The van der Waals surface area contributed by atoms with Crippen molar-refractivity contribution in [1.82, 2.24) is 4.90 Å². The van der Waals surface area contributed by atoms with Crippen LogP contribution in [0.2, 0.25) is 0 Å². The number of carbonyl (C=O) groups excluding carboxylic acids is 1. The number of hydrogen-bond donors (Lipinski definition) is 1. The van der Waals surface area contributed by atoms with Crippen LogP contribution in [-0.4, -0.2) is 48.1 Å². The van der Waals surface area contributed by atoms with Crippen molar-refractivity contribution in [3.8, 4) is 0 Å². The Morgan fingerprint density at radius 3 is 2.79 bits per heavy atom. The number of aryl methyl sites for hydroxylation is 1. The van der Waals surface area contributed by atoms with E-state index in [9.17, 15) is 9.59 Å². The zero-order valence-corrected chi connectivity index (χ0v) is 11.2. The number of benzene rings is 1. The number of aliphatic carboxylic acids is 1. The second-order valence-corrected chi connectivity index (χ2v) is 4.92. The van der Waals surface area contributed by atoms with Gasteiger partial charge in [0.05, 0.1) is 6.42 Å². The van der Waals surface area contributed by atoms with Crippen LogP contribution in [0.5, 0.6) is 0 Å². The van der Waals surface area contributed by atoms with Gasteiger partial charge < -0.3 is 10.0 Å². The Labute approximate surface area is 112 Å². The Morgan fingerprint density at radius 1 is 1.42 bits per heavy atom. The third-order valence-corrected chi connectivity index (χ3v) is 3.44. The van der Waals surface area contributed by atoms with E-state index in [4.69, 9.17) is 5.11 Å². The SMILES string of the molecule is Cc1cccc(N2CCN(C)C(CC(=O)O)C2=O)c1. The number of piperazine rings is 1. The summed E-state index contributed by atoms with van der Waals surface area (Å²) in [5.74, 6) is -1.09. The first kappa shape index (κ1) is 13.5. The van der Waals surface area contributed by atoms with Gasteiger partial charge in [0.15, 0.2) is 0 Å². The molecular formula is C14H18N2O3. The molecule has 1 fully saturated rings. The lowest BCUT2D eigenvalue weighted by atomic mass is 10.1. The summed E-state index contributed by atoms with van der Waals surface area (Å²) in [6.45, 7) is 3.24. The highest BCUT2D eigenvalue weighted by Gasteiger charge is 2.34. The number of hydrogen-bond acceptors (Lipinski definition) is 3. The normalized spacial score (nSPS) is 20.6. The maximum atomic E-state index is 12.4. The van der Waals surface area contributed by atoms with E-state index in [0.29, 0.717) is 13.1 Å². The smallest absolute Gasteiger partial charge is 0.305 e. The molecule has 2 rings (SSSR count). The number of rotatable bonds is 3. The average molecular weight is 262 g/mol. The Bertz CT molecular complexity index is 501. The monoisotopic (exact) mass is 262 g/mol. The molecule has 5 heteroatoms. The van der Waals surface area contributed by atoms with Crippen molar-refractivity contribution in [2.75, 3.05) is 25.0 Å².